The molecule has 6 heteroatoms. The molecule has 5 aliphatic rings. The smallest absolute Gasteiger partial charge is 0.298 e. The molecule has 38 heavy (non-hydrogen) atoms. The summed E-state index contributed by atoms with van der Waals surface area (Å²) in [6.45, 7) is 6.05. The van der Waals surface area contributed by atoms with Crippen LogP contribution in [0.1, 0.15) is 59.9 Å². The molecule has 2 saturated carbocycles. The highest BCUT2D eigenvalue weighted by atomic mass is 16.5. The molecule has 2 heterocycles. The van der Waals surface area contributed by atoms with E-state index in [1.165, 1.54) is 24.0 Å². The predicted molar refractivity (Wildman–Crippen MR) is 144 cm³/mol. The van der Waals surface area contributed by atoms with Gasteiger partial charge in [-0.25, -0.2) is 0 Å². The van der Waals surface area contributed by atoms with Gasteiger partial charge in [0.25, 0.3) is 5.91 Å². The topological polar surface area (TPSA) is 73.2 Å². The van der Waals surface area contributed by atoms with E-state index in [4.69, 9.17) is 4.74 Å². The minimum atomic E-state index is -0.956. The zero-order valence-corrected chi connectivity index (χ0v) is 22.5. The van der Waals surface area contributed by atoms with Crippen LogP contribution in [-0.2, 0) is 16.6 Å². The molecule has 198 valence electrons. The van der Waals surface area contributed by atoms with Gasteiger partial charge in [-0.1, -0.05) is 18.1 Å². The Morgan fingerprint density at radius 2 is 1.97 bits per heavy atom. The number of carbonyl (C=O) groups is 1. The number of hydrogen-bond acceptors (Lipinski definition) is 5. The summed E-state index contributed by atoms with van der Waals surface area (Å²) in [5, 5.41) is 23.4. The molecule has 2 aliphatic heterocycles. The Labute approximate surface area is 224 Å². The summed E-state index contributed by atoms with van der Waals surface area (Å²) in [5.41, 5.74) is 3.72. The van der Waals surface area contributed by atoms with Crippen molar-refractivity contribution < 1.29 is 19.7 Å². The van der Waals surface area contributed by atoms with E-state index in [0.717, 1.165) is 48.5 Å². The number of aromatic hydroxyl groups is 1. The van der Waals surface area contributed by atoms with Crippen LogP contribution in [0.25, 0.3) is 0 Å². The third-order valence-electron chi connectivity index (χ3n) is 10.4. The van der Waals surface area contributed by atoms with Gasteiger partial charge in [-0.3, -0.25) is 9.69 Å². The number of rotatable bonds is 3. The highest BCUT2D eigenvalue weighted by molar-refractivity contribution is 5.94. The summed E-state index contributed by atoms with van der Waals surface area (Å²) in [6.07, 6.45) is 4.90. The monoisotopic (exact) mass is 512 g/mol. The molecule has 6 nitrogen and oxygen atoms in total. The van der Waals surface area contributed by atoms with Crippen molar-refractivity contribution in [2.45, 2.75) is 81.6 Å². The van der Waals surface area contributed by atoms with E-state index in [9.17, 15) is 15.0 Å². The molecule has 7 rings (SSSR count). The number of aliphatic hydroxyl groups is 1. The van der Waals surface area contributed by atoms with Gasteiger partial charge in [-0.15, -0.1) is 0 Å². The van der Waals surface area contributed by atoms with Crippen molar-refractivity contribution in [1.29, 1.82) is 0 Å². The Morgan fingerprint density at radius 3 is 2.74 bits per heavy atom. The number of nitrogens with zero attached hydrogens (tertiary/aromatic N) is 2. The van der Waals surface area contributed by atoms with Crippen LogP contribution in [0, 0.1) is 31.6 Å². The van der Waals surface area contributed by atoms with Crippen molar-refractivity contribution in [3.63, 3.8) is 0 Å². The predicted octanol–water partition coefficient (Wildman–Crippen LogP) is 3.45. The second kappa shape index (κ2) is 8.24. The summed E-state index contributed by atoms with van der Waals surface area (Å²) in [6, 6.07) is 9.50. The maximum absolute atomic E-state index is 13.4. The first-order valence-corrected chi connectivity index (χ1v) is 14.1. The third-order valence-corrected chi connectivity index (χ3v) is 10.4. The summed E-state index contributed by atoms with van der Waals surface area (Å²) in [4.78, 5) is 17.6. The number of ether oxygens (including phenoxy) is 1. The highest BCUT2D eigenvalue weighted by Gasteiger charge is 2.73. The van der Waals surface area contributed by atoms with Crippen molar-refractivity contribution in [3.8, 4) is 23.3 Å². The molecule has 2 N–H and O–H groups in total. The molecule has 1 spiro atoms. The number of hydrogen-bond donors (Lipinski definition) is 2. The Bertz CT molecular complexity index is 1400. The van der Waals surface area contributed by atoms with Gasteiger partial charge >= 0.3 is 0 Å². The maximum atomic E-state index is 13.4. The average Bonchev–Trinajstić information content (AvgIpc) is 3.64. The van der Waals surface area contributed by atoms with Crippen molar-refractivity contribution in [1.82, 2.24) is 9.80 Å². The van der Waals surface area contributed by atoms with Crippen LogP contribution >= 0.6 is 0 Å². The number of piperidine rings is 1. The number of carbonyl (C=O) groups excluding carboxylic acids is 1. The van der Waals surface area contributed by atoms with Crippen LogP contribution in [-0.4, -0.2) is 69.8 Å². The van der Waals surface area contributed by atoms with Crippen molar-refractivity contribution in [2.24, 2.45) is 5.92 Å². The van der Waals surface area contributed by atoms with Gasteiger partial charge in [0.05, 0.1) is 17.1 Å². The van der Waals surface area contributed by atoms with Crippen molar-refractivity contribution in [3.05, 3.63) is 58.1 Å². The molecule has 0 unspecified atom stereocenters. The van der Waals surface area contributed by atoms with Gasteiger partial charge in [-0.2, -0.15) is 0 Å². The fourth-order valence-electron chi connectivity index (χ4n) is 8.04. The normalized spacial score (nSPS) is 32.6. The number of amides is 1. The summed E-state index contributed by atoms with van der Waals surface area (Å²) >= 11 is 0. The molecule has 5 atom stereocenters. The van der Waals surface area contributed by atoms with E-state index in [1.54, 1.807) is 18.0 Å². The van der Waals surface area contributed by atoms with Crippen LogP contribution in [0.15, 0.2) is 30.3 Å². The van der Waals surface area contributed by atoms with Crippen LogP contribution in [0.4, 0.5) is 0 Å². The molecule has 3 aliphatic carbocycles. The minimum absolute atomic E-state index is 0.0254. The number of likely N-dealkylation sites (N-methyl/N-ethyl adjacent to an activating group) is 1. The second-order valence-electron chi connectivity index (χ2n) is 12.4. The molecule has 0 radical (unpaired) electrons. The van der Waals surface area contributed by atoms with E-state index in [1.807, 2.05) is 31.2 Å². The molecule has 1 saturated heterocycles. The van der Waals surface area contributed by atoms with Gasteiger partial charge < -0.3 is 19.8 Å². The molecule has 2 aromatic carbocycles. The van der Waals surface area contributed by atoms with E-state index >= 15 is 0 Å². The molecular formula is C32H36N2O4. The standard InChI is InChI=1S/C32H36N2O4/c1-19-4-5-21(16-20(19)2)8-11-27(36)33(3)24-12-13-32(37)26-17-23-9-10-25(35)29-28(23)31(32,30(24)38-29)14-15-34(26)18-22-6-7-22/h4-5,9-10,16,22,24,26,30,35,37H,6-7,12-15,17-18H2,1-3H3/t24-,26-,30+,31+,32-/m1/s1. The fraction of sp³-hybridized carbons (Fsp3) is 0.531. The van der Waals surface area contributed by atoms with Gasteiger partial charge in [0.1, 0.15) is 6.10 Å². The number of aryl methyl sites for hydroxylation is 2. The van der Waals surface area contributed by atoms with E-state index in [2.05, 4.69) is 23.7 Å². The number of likely N-dealkylation sites (tertiary alicyclic amines) is 1. The lowest BCUT2D eigenvalue weighted by Gasteiger charge is -2.64. The van der Waals surface area contributed by atoms with Crippen LogP contribution in [0.3, 0.4) is 0 Å². The van der Waals surface area contributed by atoms with Crippen molar-refractivity contribution >= 4 is 5.91 Å². The first kappa shape index (κ1) is 24.1. The minimum Gasteiger partial charge on any atom is -0.504 e. The van der Waals surface area contributed by atoms with Gasteiger partial charge in [-0.05, 0) is 99.7 Å². The zero-order chi connectivity index (χ0) is 26.4. The Balaban J connectivity index is 1.25. The summed E-state index contributed by atoms with van der Waals surface area (Å²) in [7, 11) is 1.80. The first-order valence-electron chi connectivity index (χ1n) is 14.1. The second-order valence-corrected chi connectivity index (χ2v) is 12.4. The van der Waals surface area contributed by atoms with Gasteiger partial charge in [0, 0.05) is 36.7 Å². The van der Waals surface area contributed by atoms with Crippen LogP contribution in [0.2, 0.25) is 0 Å². The number of phenols is 1. The Kier molecular flexibility index (Phi) is 5.22. The van der Waals surface area contributed by atoms with E-state index in [-0.39, 0.29) is 23.7 Å². The van der Waals surface area contributed by atoms with Crippen molar-refractivity contribution in [2.75, 3.05) is 20.1 Å². The molecule has 0 aromatic heterocycles. The van der Waals surface area contributed by atoms with E-state index < -0.39 is 17.1 Å². The van der Waals surface area contributed by atoms with Crippen LogP contribution in [0.5, 0.6) is 11.5 Å². The zero-order valence-electron chi connectivity index (χ0n) is 22.5. The molecule has 2 aromatic rings. The van der Waals surface area contributed by atoms with Gasteiger partial charge in [0.15, 0.2) is 11.5 Å². The lowest BCUT2D eigenvalue weighted by Crippen LogP contribution is -2.78. The Hall–Kier alpha value is -3.01. The highest BCUT2D eigenvalue weighted by Crippen LogP contribution is 2.66. The SMILES string of the molecule is Cc1ccc(C#CC(=O)N(C)[C@@H]2CC[C@@]3(O)[C@H]4Cc5ccc(O)c6c5[C@@]3(CCN4CC3CC3)[C@H]2O6)cc1C. The first-order chi connectivity index (χ1) is 18.2. The van der Waals surface area contributed by atoms with E-state index in [0.29, 0.717) is 18.6 Å². The quantitative estimate of drug-likeness (QED) is 0.617. The summed E-state index contributed by atoms with van der Waals surface area (Å²) in [5.74, 6) is 7.02. The largest absolute Gasteiger partial charge is 0.504 e. The fourth-order valence-corrected chi connectivity index (χ4v) is 8.04. The lowest BCUT2D eigenvalue weighted by atomic mass is 9.48. The molecular weight excluding hydrogens is 476 g/mol. The molecule has 1 amide bonds. The molecule has 2 bridgehead atoms. The third kappa shape index (κ3) is 3.25. The Morgan fingerprint density at radius 1 is 1.16 bits per heavy atom. The summed E-state index contributed by atoms with van der Waals surface area (Å²) < 4.78 is 6.61. The molecule has 3 fully saturated rings. The van der Waals surface area contributed by atoms with Crippen LogP contribution < -0.4 is 4.74 Å². The van der Waals surface area contributed by atoms with Gasteiger partial charge in [0.2, 0.25) is 0 Å². The number of benzene rings is 2. The maximum Gasteiger partial charge on any atom is 0.298 e. The average molecular weight is 513 g/mol. The lowest BCUT2D eigenvalue weighted by molar-refractivity contribution is -0.199. The number of phenolic OH excluding ortho intramolecular Hbond substituents is 1.